The van der Waals surface area contributed by atoms with Gasteiger partial charge in [-0.1, -0.05) is 6.07 Å². The second-order valence-electron chi connectivity index (χ2n) is 2.32. The lowest BCUT2D eigenvalue weighted by molar-refractivity contribution is 0.509. The van der Waals surface area contributed by atoms with Gasteiger partial charge in [0.25, 0.3) is 0 Å². The van der Waals surface area contributed by atoms with Crippen LogP contribution in [0, 0.1) is 5.82 Å². The number of hydrogen-bond donors (Lipinski definition) is 0. The van der Waals surface area contributed by atoms with Gasteiger partial charge in [0.05, 0.1) is 0 Å². The minimum atomic E-state index is -4.02. The first-order valence-corrected chi connectivity index (χ1v) is 5.66. The lowest BCUT2D eigenvalue weighted by Crippen LogP contribution is -1.96. The van der Waals surface area contributed by atoms with Gasteiger partial charge in [-0.25, -0.2) is 8.60 Å². The third-order valence-corrected chi connectivity index (χ3v) is 4.49. The summed E-state index contributed by atoms with van der Waals surface area (Å²) in [4.78, 5) is -0.756. The Labute approximate surface area is 76.1 Å². The average Bonchev–Trinajstić information content (AvgIpc) is 2.24. The fraction of sp³-hybridized carbons (Fsp3) is 0. The lowest BCUT2D eigenvalue weighted by Gasteiger charge is -1.92. The van der Waals surface area contributed by atoms with Crippen molar-refractivity contribution in [2.24, 2.45) is 0 Å². The maximum absolute atomic E-state index is 12.9. The first-order valence-electron chi connectivity index (χ1n) is 3.17. The average molecular weight is 222 g/mol. The predicted octanol–water partition coefficient (Wildman–Crippen LogP) is 0.567. The molecule has 1 unspecified atom stereocenters. The van der Waals surface area contributed by atoms with Crippen LogP contribution in [0.2, 0.25) is 0 Å². The topological polar surface area (TPSA) is 60.4 Å². The molecule has 1 atom stereocenters. The Morgan fingerprint density at radius 1 is 1.38 bits per heavy atom. The molecule has 1 heterocycles. The Morgan fingerprint density at radius 2 is 2.08 bits per heavy atom. The minimum Gasteiger partial charge on any atom is -0.223 e. The van der Waals surface area contributed by atoms with Gasteiger partial charge in [-0.15, -0.1) is 0 Å². The number of rotatable bonds is 0. The molecule has 0 saturated heterocycles. The normalized spacial score (nSPS) is 24.2. The van der Waals surface area contributed by atoms with E-state index < -0.39 is 31.9 Å². The maximum Gasteiger partial charge on any atom is 0.311 e. The summed E-state index contributed by atoms with van der Waals surface area (Å²) in [7, 11) is -4.02. The van der Waals surface area contributed by atoms with Crippen LogP contribution >= 0.6 is 0 Å². The molecule has 1 aromatic carbocycles. The van der Waals surface area contributed by atoms with Gasteiger partial charge in [0.1, 0.15) is 15.6 Å². The highest BCUT2D eigenvalue weighted by Gasteiger charge is 2.36. The van der Waals surface area contributed by atoms with Crippen LogP contribution in [0.4, 0.5) is 4.39 Å². The molecule has 0 aromatic heterocycles. The van der Waals surface area contributed by atoms with E-state index in [-0.39, 0.29) is 4.90 Å². The highest BCUT2D eigenvalue weighted by Crippen LogP contribution is 2.32. The van der Waals surface area contributed by atoms with E-state index in [4.69, 9.17) is 0 Å². The smallest absolute Gasteiger partial charge is 0.223 e. The van der Waals surface area contributed by atoms with Crippen LogP contribution in [0.15, 0.2) is 28.0 Å². The van der Waals surface area contributed by atoms with Gasteiger partial charge in [0.15, 0.2) is 0 Å². The van der Waals surface area contributed by atoms with E-state index in [9.17, 15) is 17.0 Å². The zero-order valence-corrected chi connectivity index (χ0v) is 7.69. The second kappa shape index (κ2) is 2.60. The minimum absolute atomic E-state index is 0.356. The van der Waals surface area contributed by atoms with E-state index in [2.05, 4.69) is 3.63 Å². The SMILES string of the molecule is O=S1OS(=O)(=O)c2cccc(F)c21. The zero-order valence-electron chi connectivity index (χ0n) is 6.06. The molecule has 13 heavy (non-hydrogen) atoms. The molecule has 0 spiro atoms. The number of fused-ring (bicyclic) bond motifs is 1. The number of hydrogen-bond acceptors (Lipinski definition) is 4. The van der Waals surface area contributed by atoms with Gasteiger partial charge in [0, 0.05) is 0 Å². The van der Waals surface area contributed by atoms with Crippen molar-refractivity contribution in [2.75, 3.05) is 0 Å². The first kappa shape index (κ1) is 8.79. The molecule has 0 bridgehead atoms. The van der Waals surface area contributed by atoms with Crippen LogP contribution in [0.1, 0.15) is 0 Å². The monoisotopic (exact) mass is 222 g/mol. The van der Waals surface area contributed by atoms with Crippen molar-refractivity contribution in [3.8, 4) is 0 Å². The standard InChI is InChI=1S/C6H3FO4S2/c7-4-2-1-3-5-6(4)12(8)11-13(5,9)10/h1-3H. The molecule has 0 N–H and O–H groups in total. The van der Waals surface area contributed by atoms with Crippen LogP contribution < -0.4 is 0 Å². The summed E-state index contributed by atoms with van der Waals surface area (Å²) in [6.45, 7) is 0. The molecule has 1 aromatic rings. The highest BCUT2D eigenvalue weighted by atomic mass is 32.3. The van der Waals surface area contributed by atoms with Gasteiger partial charge in [-0.3, -0.25) is 0 Å². The predicted molar refractivity (Wildman–Crippen MR) is 41.1 cm³/mol. The van der Waals surface area contributed by atoms with Crippen LogP contribution in [-0.4, -0.2) is 12.6 Å². The van der Waals surface area contributed by atoms with Gasteiger partial charge in [-0.2, -0.15) is 12.0 Å². The summed E-state index contributed by atoms with van der Waals surface area (Å²) >= 11 is -2.24. The third kappa shape index (κ3) is 1.19. The van der Waals surface area contributed by atoms with Crippen molar-refractivity contribution >= 4 is 21.2 Å². The fourth-order valence-corrected chi connectivity index (χ4v) is 3.76. The van der Waals surface area contributed by atoms with Crippen LogP contribution in [0.25, 0.3) is 0 Å². The van der Waals surface area contributed by atoms with Crippen LogP contribution in [-0.2, 0) is 24.8 Å². The molecule has 70 valence electrons. The van der Waals surface area contributed by atoms with Crippen molar-refractivity contribution in [1.82, 2.24) is 0 Å². The molecule has 1 aliphatic heterocycles. The zero-order chi connectivity index (χ0) is 9.64. The summed E-state index contributed by atoms with van der Waals surface area (Å²) in [6, 6.07) is 3.40. The Kier molecular flexibility index (Phi) is 1.76. The van der Waals surface area contributed by atoms with Crippen molar-refractivity contribution in [3.05, 3.63) is 24.0 Å². The molecule has 7 heteroatoms. The second-order valence-corrected chi connectivity index (χ2v) is 5.09. The molecule has 2 rings (SSSR count). The Hall–Kier alpha value is -0.790. The molecule has 4 nitrogen and oxygen atoms in total. The lowest BCUT2D eigenvalue weighted by atomic mass is 10.3. The van der Waals surface area contributed by atoms with Crippen molar-refractivity contribution < 1.29 is 20.6 Å². The molecule has 1 aliphatic rings. The Balaban J connectivity index is 2.87. The van der Waals surface area contributed by atoms with E-state index in [0.717, 1.165) is 12.1 Å². The number of benzene rings is 1. The first-order chi connectivity index (χ1) is 6.02. The van der Waals surface area contributed by atoms with E-state index in [1.807, 2.05) is 0 Å². The number of halogens is 1. The summed E-state index contributed by atoms with van der Waals surface area (Å²) in [5.41, 5.74) is 0. The van der Waals surface area contributed by atoms with Gasteiger partial charge >= 0.3 is 10.1 Å². The molecular weight excluding hydrogens is 219 g/mol. The molecular formula is C6H3FO4S2. The quantitative estimate of drug-likeness (QED) is 0.643. The summed E-state index contributed by atoms with van der Waals surface area (Å²) < 4.78 is 50.1. The van der Waals surface area contributed by atoms with E-state index in [1.165, 1.54) is 6.07 Å². The molecule has 0 radical (unpaired) electrons. The van der Waals surface area contributed by atoms with Crippen molar-refractivity contribution in [3.63, 3.8) is 0 Å². The summed E-state index contributed by atoms with van der Waals surface area (Å²) in [6.07, 6.45) is 0. The molecule has 0 fully saturated rings. The van der Waals surface area contributed by atoms with Crippen molar-refractivity contribution in [1.29, 1.82) is 0 Å². The highest BCUT2D eigenvalue weighted by molar-refractivity contribution is 7.99. The van der Waals surface area contributed by atoms with Gasteiger partial charge in [0.2, 0.25) is 11.1 Å². The summed E-state index contributed by atoms with van der Waals surface area (Å²) in [5.74, 6) is -0.836. The van der Waals surface area contributed by atoms with Gasteiger partial charge in [-0.05, 0) is 12.1 Å². The van der Waals surface area contributed by atoms with E-state index in [1.54, 1.807) is 0 Å². The van der Waals surface area contributed by atoms with E-state index in [0.29, 0.717) is 0 Å². The van der Waals surface area contributed by atoms with Gasteiger partial charge < -0.3 is 0 Å². The van der Waals surface area contributed by atoms with Crippen molar-refractivity contribution in [2.45, 2.75) is 9.79 Å². The largest absolute Gasteiger partial charge is 0.311 e. The summed E-state index contributed by atoms with van der Waals surface area (Å²) in [5, 5.41) is 0. The molecule has 0 amide bonds. The third-order valence-electron chi connectivity index (χ3n) is 1.52. The Morgan fingerprint density at radius 3 is 2.69 bits per heavy atom. The maximum atomic E-state index is 12.9. The Bertz CT molecular complexity index is 493. The van der Waals surface area contributed by atoms with Crippen LogP contribution in [0.5, 0.6) is 0 Å². The van der Waals surface area contributed by atoms with E-state index >= 15 is 0 Å². The molecule has 0 saturated carbocycles. The van der Waals surface area contributed by atoms with Crippen LogP contribution in [0.3, 0.4) is 0 Å². The molecule has 0 aliphatic carbocycles. The fourth-order valence-electron chi connectivity index (χ4n) is 1.000.